The van der Waals surface area contributed by atoms with Gasteiger partial charge in [0.15, 0.2) is 0 Å². The van der Waals surface area contributed by atoms with E-state index >= 15 is 0 Å². The predicted molar refractivity (Wildman–Crippen MR) is 114 cm³/mol. The Hall–Kier alpha value is -2.28. The summed E-state index contributed by atoms with van der Waals surface area (Å²) in [6, 6.07) is 7.82. The highest BCUT2D eigenvalue weighted by atomic mass is 16.6. The SMILES string of the molecule is COCCOc1cccc([C@@H]2CCN(C(=O)OC(C)(C)C)[C@H](C)[C@H]2COC(C)=O)c1. The lowest BCUT2D eigenvalue weighted by Crippen LogP contribution is -2.52. The summed E-state index contributed by atoms with van der Waals surface area (Å²) in [7, 11) is 1.64. The summed E-state index contributed by atoms with van der Waals surface area (Å²) in [6.45, 7) is 10.8. The van der Waals surface area contributed by atoms with E-state index in [-0.39, 0.29) is 36.5 Å². The molecule has 7 heteroatoms. The van der Waals surface area contributed by atoms with Crippen LogP contribution in [0.4, 0.5) is 4.79 Å². The van der Waals surface area contributed by atoms with E-state index in [1.807, 2.05) is 45.9 Å². The fourth-order valence-corrected chi connectivity index (χ4v) is 3.80. The van der Waals surface area contributed by atoms with Gasteiger partial charge in [-0.3, -0.25) is 4.79 Å². The zero-order valence-corrected chi connectivity index (χ0v) is 19.0. The second-order valence-electron chi connectivity index (χ2n) is 8.69. The van der Waals surface area contributed by atoms with Gasteiger partial charge in [-0.2, -0.15) is 0 Å². The lowest BCUT2D eigenvalue weighted by atomic mass is 9.76. The second kappa shape index (κ2) is 10.7. The number of hydrogen-bond donors (Lipinski definition) is 0. The number of carbonyl (C=O) groups is 2. The third-order valence-electron chi connectivity index (χ3n) is 5.26. The van der Waals surface area contributed by atoms with Gasteiger partial charge in [0.05, 0.1) is 13.2 Å². The monoisotopic (exact) mass is 421 g/mol. The van der Waals surface area contributed by atoms with Crippen LogP contribution in [0.5, 0.6) is 5.75 Å². The van der Waals surface area contributed by atoms with Crippen LogP contribution >= 0.6 is 0 Å². The van der Waals surface area contributed by atoms with Crippen LogP contribution in [0.15, 0.2) is 24.3 Å². The maximum Gasteiger partial charge on any atom is 0.410 e. The van der Waals surface area contributed by atoms with E-state index in [9.17, 15) is 9.59 Å². The number of benzene rings is 1. The predicted octanol–water partition coefficient (Wildman–Crippen LogP) is 4.00. The minimum atomic E-state index is -0.563. The second-order valence-corrected chi connectivity index (χ2v) is 8.69. The summed E-state index contributed by atoms with van der Waals surface area (Å²) < 4.78 is 21.8. The minimum absolute atomic E-state index is 0.0515. The Labute approximate surface area is 179 Å². The van der Waals surface area contributed by atoms with Crippen LogP contribution in [0, 0.1) is 5.92 Å². The third-order valence-corrected chi connectivity index (χ3v) is 5.26. The van der Waals surface area contributed by atoms with Crippen molar-refractivity contribution in [2.45, 2.75) is 58.6 Å². The molecule has 0 unspecified atom stereocenters. The fourth-order valence-electron chi connectivity index (χ4n) is 3.80. The van der Waals surface area contributed by atoms with Crippen molar-refractivity contribution in [1.29, 1.82) is 0 Å². The fraction of sp³-hybridized carbons (Fsp3) is 0.652. The van der Waals surface area contributed by atoms with E-state index in [2.05, 4.69) is 6.07 Å². The summed E-state index contributed by atoms with van der Waals surface area (Å²) in [5, 5.41) is 0. The number of likely N-dealkylation sites (tertiary alicyclic amines) is 1. The van der Waals surface area contributed by atoms with Gasteiger partial charge in [0.2, 0.25) is 0 Å². The van der Waals surface area contributed by atoms with Crippen molar-refractivity contribution in [2.75, 3.05) is 33.5 Å². The first-order valence-corrected chi connectivity index (χ1v) is 10.5. The molecular formula is C23H35NO6. The van der Waals surface area contributed by atoms with Crippen LogP contribution in [0.3, 0.4) is 0 Å². The first-order valence-electron chi connectivity index (χ1n) is 10.5. The Morgan fingerprint density at radius 1 is 1.20 bits per heavy atom. The molecule has 1 amide bonds. The molecule has 168 valence electrons. The lowest BCUT2D eigenvalue weighted by Gasteiger charge is -2.44. The molecule has 1 saturated heterocycles. The highest BCUT2D eigenvalue weighted by Gasteiger charge is 2.40. The molecule has 30 heavy (non-hydrogen) atoms. The molecule has 0 spiro atoms. The van der Waals surface area contributed by atoms with Crippen molar-refractivity contribution in [3.8, 4) is 5.75 Å². The van der Waals surface area contributed by atoms with Gasteiger partial charge >= 0.3 is 12.1 Å². The van der Waals surface area contributed by atoms with Crippen LogP contribution < -0.4 is 4.74 Å². The number of rotatable bonds is 7. The van der Waals surface area contributed by atoms with Gasteiger partial charge in [0, 0.05) is 32.5 Å². The van der Waals surface area contributed by atoms with Gasteiger partial charge in [0.25, 0.3) is 0 Å². The number of ether oxygens (including phenoxy) is 4. The molecule has 1 aromatic carbocycles. The van der Waals surface area contributed by atoms with Crippen LogP contribution in [0.25, 0.3) is 0 Å². The molecule has 0 bridgehead atoms. The van der Waals surface area contributed by atoms with Gasteiger partial charge in [-0.15, -0.1) is 0 Å². The number of carbonyl (C=O) groups excluding carboxylic acids is 2. The van der Waals surface area contributed by atoms with Gasteiger partial charge in [0.1, 0.15) is 18.0 Å². The van der Waals surface area contributed by atoms with Crippen molar-refractivity contribution in [3.63, 3.8) is 0 Å². The highest BCUT2D eigenvalue weighted by Crippen LogP contribution is 2.38. The van der Waals surface area contributed by atoms with Crippen molar-refractivity contribution < 1.29 is 28.5 Å². The average molecular weight is 422 g/mol. The number of amides is 1. The Morgan fingerprint density at radius 3 is 2.57 bits per heavy atom. The van der Waals surface area contributed by atoms with E-state index in [0.717, 1.165) is 17.7 Å². The van der Waals surface area contributed by atoms with Crippen LogP contribution in [-0.2, 0) is 19.0 Å². The van der Waals surface area contributed by atoms with E-state index in [1.165, 1.54) is 6.92 Å². The molecule has 2 rings (SSSR count). The van der Waals surface area contributed by atoms with Gasteiger partial charge < -0.3 is 23.8 Å². The quantitative estimate of drug-likeness (QED) is 0.489. The van der Waals surface area contributed by atoms with E-state index in [4.69, 9.17) is 18.9 Å². The molecule has 1 aliphatic heterocycles. The van der Waals surface area contributed by atoms with Crippen LogP contribution in [-0.4, -0.2) is 62.1 Å². The molecule has 7 nitrogen and oxygen atoms in total. The first-order chi connectivity index (χ1) is 14.1. The molecule has 3 atom stereocenters. The Morgan fingerprint density at radius 2 is 1.93 bits per heavy atom. The summed E-state index contributed by atoms with van der Waals surface area (Å²) in [5.74, 6) is 0.526. The van der Waals surface area contributed by atoms with E-state index in [1.54, 1.807) is 12.0 Å². The number of piperidine rings is 1. The molecule has 0 aromatic heterocycles. The molecule has 1 aromatic rings. The molecule has 0 aliphatic carbocycles. The molecule has 1 aliphatic rings. The maximum absolute atomic E-state index is 12.7. The number of methoxy groups -OCH3 is 1. The smallest absolute Gasteiger partial charge is 0.410 e. The number of hydrogen-bond acceptors (Lipinski definition) is 6. The molecule has 0 N–H and O–H groups in total. The molecule has 1 heterocycles. The molecular weight excluding hydrogens is 386 g/mol. The highest BCUT2D eigenvalue weighted by molar-refractivity contribution is 5.69. The van der Waals surface area contributed by atoms with Gasteiger partial charge in [-0.25, -0.2) is 4.79 Å². The van der Waals surface area contributed by atoms with Crippen molar-refractivity contribution in [3.05, 3.63) is 29.8 Å². The largest absolute Gasteiger partial charge is 0.491 e. The van der Waals surface area contributed by atoms with Crippen LogP contribution in [0.2, 0.25) is 0 Å². The summed E-state index contributed by atoms with van der Waals surface area (Å²) in [5.41, 5.74) is 0.546. The van der Waals surface area contributed by atoms with Crippen molar-refractivity contribution >= 4 is 12.1 Å². The summed E-state index contributed by atoms with van der Waals surface area (Å²) >= 11 is 0. The number of esters is 1. The normalized spacial score (nSPS) is 21.8. The summed E-state index contributed by atoms with van der Waals surface area (Å²) in [4.78, 5) is 25.9. The van der Waals surface area contributed by atoms with Gasteiger partial charge in [-0.1, -0.05) is 12.1 Å². The maximum atomic E-state index is 12.7. The topological polar surface area (TPSA) is 74.3 Å². The van der Waals surface area contributed by atoms with Crippen LogP contribution in [0.1, 0.15) is 52.5 Å². The zero-order valence-electron chi connectivity index (χ0n) is 19.0. The standard InChI is InChI=1S/C23H35NO6/c1-16-21(15-29-17(2)25)20(10-11-24(16)22(26)30-23(3,4)5)18-8-7-9-19(14-18)28-13-12-27-6/h7-9,14,16,20-21H,10-13,15H2,1-6H3/t16-,20+,21-/m1/s1. The summed E-state index contributed by atoms with van der Waals surface area (Å²) in [6.07, 6.45) is 0.412. The molecule has 0 radical (unpaired) electrons. The minimum Gasteiger partial charge on any atom is -0.491 e. The molecule has 0 saturated carbocycles. The zero-order chi connectivity index (χ0) is 22.3. The average Bonchev–Trinajstić information content (AvgIpc) is 2.65. The third kappa shape index (κ3) is 6.90. The first kappa shape index (κ1) is 24.0. The Bertz CT molecular complexity index is 714. The van der Waals surface area contributed by atoms with Gasteiger partial charge in [-0.05, 0) is 57.7 Å². The Balaban J connectivity index is 2.21. The van der Waals surface area contributed by atoms with Crippen molar-refractivity contribution in [2.24, 2.45) is 5.92 Å². The molecule has 1 fully saturated rings. The van der Waals surface area contributed by atoms with E-state index in [0.29, 0.717) is 19.8 Å². The number of nitrogens with zero attached hydrogens (tertiary/aromatic N) is 1. The Kier molecular flexibility index (Phi) is 8.53. The van der Waals surface area contributed by atoms with Crippen molar-refractivity contribution in [1.82, 2.24) is 4.90 Å². The van der Waals surface area contributed by atoms with E-state index < -0.39 is 5.60 Å². The lowest BCUT2D eigenvalue weighted by molar-refractivity contribution is -0.143.